The number of carbonyl (C=O) groups is 1. The van der Waals surface area contributed by atoms with Crippen molar-refractivity contribution in [2.45, 2.75) is 12.8 Å². The second-order valence-electron chi connectivity index (χ2n) is 5.31. The van der Waals surface area contributed by atoms with E-state index in [4.69, 9.17) is 14.2 Å². The zero-order valence-electron chi connectivity index (χ0n) is 13.6. The molecule has 0 saturated carbocycles. The number of nitrogens with one attached hydrogen (secondary N) is 1. The minimum absolute atomic E-state index is 0.0605. The number of anilines is 1. The van der Waals surface area contributed by atoms with Gasteiger partial charge in [-0.2, -0.15) is 0 Å². The molecule has 6 nitrogen and oxygen atoms in total. The lowest BCUT2D eigenvalue weighted by molar-refractivity contribution is -0.122. The molecule has 1 N–H and O–H groups in total. The largest absolute Gasteiger partial charge is 0.493 e. The van der Waals surface area contributed by atoms with E-state index in [9.17, 15) is 4.79 Å². The molecule has 0 spiro atoms. The van der Waals surface area contributed by atoms with Gasteiger partial charge in [0.2, 0.25) is 11.7 Å². The lowest BCUT2D eigenvalue weighted by Gasteiger charge is -2.27. The maximum absolute atomic E-state index is 12.6. The maximum atomic E-state index is 12.6. The molecule has 0 radical (unpaired) electrons. The Labute approximate surface area is 131 Å². The number of amides is 1. The Morgan fingerprint density at radius 3 is 2.09 bits per heavy atom. The van der Waals surface area contributed by atoms with E-state index in [1.807, 2.05) is 0 Å². The van der Waals surface area contributed by atoms with E-state index in [1.54, 1.807) is 45.4 Å². The molecule has 6 heteroatoms. The zero-order chi connectivity index (χ0) is 16.1. The van der Waals surface area contributed by atoms with Crippen LogP contribution in [0.25, 0.3) is 0 Å². The van der Waals surface area contributed by atoms with Gasteiger partial charge >= 0.3 is 0 Å². The molecule has 0 atom stereocenters. The lowest BCUT2D eigenvalue weighted by Crippen LogP contribution is -2.39. The fraction of sp³-hybridized carbons (Fsp3) is 0.562. The summed E-state index contributed by atoms with van der Waals surface area (Å²) in [5.74, 6) is 1.79. The highest BCUT2D eigenvalue weighted by molar-refractivity contribution is 5.95. The maximum Gasteiger partial charge on any atom is 0.229 e. The topological polar surface area (TPSA) is 60.0 Å². The van der Waals surface area contributed by atoms with Crippen molar-refractivity contribution >= 4 is 11.6 Å². The molecule has 0 aliphatic carbocycles. The van der Waals surface area contributed by atoms with E-state index in [0.717, 1.165) is 31.6 Å². The van der Waals surface area contributed by atoms with Crippen LogP contribution in [0.2, 0.25) is 0 Å². The first-order valence-electron chi connectivity index (χ1n) is 7.40. The number of carbonyl (C=O) groups excluding carboxylic acids is 1. The second-order valence-corrected chi connectivity index (χ2v) is 5.31. The van der Waals surface area contributed by atoms with E-state index in [-0.39, 0.29) is 11.8 Å². The minimum atomic E-state index is 0.0605. The molecule has 1 saturated heterocycles. The molecule has 1 heterocycles. The third-order valence-corrected chi connectivity index (χ3v) is 4.06. The number of ether oxygens (including phenoxy) is 3. The molecule has 22 heavy (non-hydrogen) atoms. The summed E-state index contributed by atoms with van der Waals surface area (Å²) in [6.45, 7) is 1.78. The molecule has 1 fully saturated rings. The van der Waals surface area contributed by atoms with Crippen LogP contribution >= 0.6 is 0 Å². The predicted molar refractivity (Wildman–Crippen MR) is 85.1 cm³/mol. The van der Waals surface area contributed by atoms with Crippen molar-refractivity contribution in [1.29, 1.82) is 0 Å². The van der Waals surface area contributed by atoms with E-state index in [2.05, 4.69) is 5.32 Å². The van der Waals surface area contributed by atoms with Gasteiger partial charge in [-0.05, 0) is 25.9 Å². The summed E-state index contributed by atoms with van der Waals surface area (Å²) in [6, 6.07) is 3.58. The van der Waals surface area contributed by atoms with Crippen molar-refractivity contribution in [3.8, 4) is 17.2 Å². The average molecular weight is 308 g/mol. The number of hydrogen-bond acceptors (Lipinski definition) is 5. The van der Waals surface area contributed by atoms with Gasteiger partial charge in [-0.1, -0.05) is 0 Å². The van der Waals surface area contributed by atoms with Crippen molar-refractivity contribution in [3.05, 3.63) is 12.1 Å². The Morgan fingerprint density at radius 2 is 1.64 bits per heavy atom. The van der Waals surface area contributed by atoms with Gasteiger partial charge in [0.1, 0.15) is 0 Å². The molecule has 2 rings (SSSR count). The summed E-state index contributed by atoms with van der Waals surface area (Å²) >= 11 is 0. The van der Waals surface area contributed by atoms with Crippen LogP contribution in [-0.2, 0) is 4.79 Å². The summed E-state index contributed by atoms with van der Waals surface area (Å²) in [5.41, 5.74) is 0.734. The Bertz CT molecular complexity index is 502. The van der Waals surface area contributed by atoms with Gasteiger partial charge in [0.05, 0.1) is 27.0 Å². The lowest BCUT2D eigenvalue weighted by atomic mass is 9.96. The SMILES string of the molecule is COc1cc(N(C)C(=O)C2CCNCC2)cc(OC)c1OC. The first-order chi connectivity index (χ1) is 10.6. The Hall–Kier alpha value is -1.95. The van der Waals surface area contributed by atoms with Crippen LogP contribution < -0.4 is 24.4 Å². The molecule has 0 aromatic heterocycles. The monoisotopic (exact) mass is 308 g/mol. The number of hydrogen-bond donors (Lipinski definition) is 1. The number of nitrogens with zero attached hydrogens (tertiary/aromatic N) is 1. The third kappa shape index (κ3) is 3.27. The molecule has 1 aliphatic heterocycles. The quantitative estimate of drug-likeness (QED) is 0.897. The summed E-state index contributed by atoms with van der Waals surface area (Å²) in [6.07, 6.45) is 1.74. The molecule has 1 aliphatic rings. The van der Waals surface area contributed by atoms with E-state index in [0.29, 0.717) is 17.2 Å². The van der Waals surface area contributed by atoms with Crippen LogP contribution in [0.4, 0.5) is 5.69 Å². The van der Waals surface area contributed by atoms with Gasteiger partial charge < -0.3 is 24.4 Å². The summed E-state index contributed by atoms with van der Waals surface area (Å²) in [5, 5.41) is 3.27. The number of benzene rings is 1. The summed E-state index contributed by atoms with van der Waals surface area (Å²) in [7, 11) is 6.47. The summed E-state index contributed by atoms with van der Waals surface area (Å²) < 4.78 is 16.0. The van der Waals surface area contributed by atoms with E-state index < -0.39 is 0 Å². The van der Waals surface area contributed by atoms with Crippen LogP contribution in [-0.4, -0.2) is 47.4 Å². The second kappa shape index (κ2) is 7.35. The van der Waals surface area contributed by atoms with Crippen molar-refractivity contribution in [2.75, 3.05) is 46.4 Å². The van der Waals surface area contributed by atoms with Crippen molar-refractivity contribution in [2.24, 2.45) is 5.92 Å². The van der Waals surface area contributed by atoms with Gasteiger partial charge in [-0.15, -0.1) is 0 Å². The zero-order valence-corrected chi connectivity index (χ0v) is 13.6. The molecule has 1 aromatic carbocycles. The highest BCUT2D eigenvalue weighted by Crippen LogP contribution is 2.41. The average Bonchev–Trinajstić information content (AvgIpc) is 2.59. The smallest absolute Gasteiger partial charge is 0.229 e. The normalized spacial score (nSPS) is 15.3. The molecular formula is C16H24N2O4. The molecule has 0 unspecified atom stereocenters. The Balaban J connectivity index is 2.28. The Morgan fingerprint density at radius 1 is 1.09 bits per heavy atom. The van der Waals surface area contributed by atoms with Gasteiger partial charge in [-0.3, -0.25) is 4.79 Å². The summed E-state index contributed by atoms with van der Waals surface area (Å²) in [4.78, 5) is 14.3. The fourth-order valence-electron chi connectivity index (χ4n) is 2.73. The standard InChI is InChI=1S/C16H24N2O4/c1-18(16(19)11-5-7-17-8-6-11)12-9-13(20-2)15(22-4)14(10-12)21-3/h9-11,17H,5-8H2,1-4H3. The first-order valence-corrected chi connectivity index (χ1v) is 7.40. The molecule has 122 valence electrons. The van der Waals surface area contributed by atoms with Crippen LogP contribution in [0.1, 0.15) is 12.8 Å². The Kier molecular flexibility index (Phi) is 5.49. The van der Waals surface area contributed by atoms with Gasteiger partial charge in [0, 0.05) is 25.1 Å². The third-order valence-electron chi connectivity index (χ3n) is 4.06. The first kappa shape index (κ1) is 16.4. The van der Waals surface area contributed by atoms with Gasteiger partial charge in [0.15, 0.2) is 11.5 Å². The van der Waals surface area contributed by atoms with Crippen LogP contribution in [0.3, 0.4) is 0 Å². The van der Waals surface area contributed by atoms with Crippen LogP contribution in [0, 0.1) is 5.92 Å². The number of rotatable bonds is 5. The van der Waals surface area contributed by atoms with E-state index >= 15 is 0 Å². The van der Waals surface area contributed by atoms with Crippen molar-refractivity contribution in [3.63, 3.8) is 0 Å². The minimum Gasteiger partial charge on any atom is -0.493 e. The van der Waals surface area contributed by atoms with Crippen LogP contribution in [0.15, 0.2) is 12.1 Å². The van der Waals surface area contributed by atoms with E-state index in [1.165, 1.54) is 0 Å². The van der Waals surface area contributed by atoms with Crippen molar-refractivity contribution in [1.82, 2.24) is 5.32 Å². The molecule has 1 aromatic rings. The molecule has 0 bridgehead atoms. The number of piperidine rings is 1. The molecular weight excluding hydrogens is 284 g/mol. The number of methoxy groups -OCH3 is 3. The highest BCUT2D eigenvalue weighted by atomic mass is 16.5. The van der Waals surface area contributed by atoms with Crippen LogP contribution in [0.5, 0.6) is 17.2 Å². The predicted octanol–water partition coefficient (Wildman–Crippen LogP) is 1.67. The molecule has 1 amide bonds. The van der Waals surface area contributed by atoms with Gasteiger partial charge in [0.25, 0.3) is 0 Å². The van der Waals surface area contributed by atoms with Gasteiger partial charge in [-0.25, -0.2) is 0 Å². The fourth-order valence-corrected chi connectivity index (χ4v) is 2.73. The highest BCUT2D eigenvalue weighted by Gasteiger charge is 2.26. The van der Waals surface area contributed by atoms with Crippen molar-refractivity contribution < 1.29 is 19.0 Å².